The monoisotopic (exact) mass is 310 g/mol. The standard InChI is InChI=1S/C14H22N4O2S/c1-2-3-9-21(19,20)17-8-4-5-12(10-17)14-16-15-11-18(14)13-6-7-13/h2,11-13H,1,3-10H2/t12-/m1/s1. The number of hydrogen-bond donors (Lipinski definition) is 0. The molecule has 1 saturated heterocycles. The van der Waals surface area contributed by atoms with Crippen LogP contribution in [0, 0.1) is 0 Å². The molecule has 2 heterocycles. The lowest BCUT2D eigenvalue weighted by atomic mass is 9.99. The van der Waals surface area contributed by atoms with Gasteiger partial charge in [0.15, 0.2) is 0 Å². The van der Waals surface area contributed by atoms with Gasteiger partial charge in [-0.2, -0.15) is 0 Å². The lowest BCUT2D eigenvalue weighted by molar-refractivity contribution is 0.304. The average molecular weight is 310 g/mol. The highest BCUT2D eigenvalue weighted by Crippen LogP contribution is 2.38. The van der Waals surface area contributed by atoms with Crippen molar-refractivity contribution < 1.29 is 8.42 Å². The fourth-order valence-electron chi connectivity index (χ4n) is 2.95. The predicted molar refractivity (Wildman–Crippen MR) is 80.4 cm³/mol. The summed E-state index contributed by atoms with van der Waals surface area (Å²) in [4.78, 5) is 0. The Kier molecular flexibility index (Phi) is 4.12. The lowest BCUT2D eigenvalue weighted by Gasteiger charge is -2.31. The van der Waals surface area contributed by atoms with Crippen molar-refractivity contribution in [2.75, 3.05) is 18.8 Å². The van der Waals surface area contributed by atoms with Crippen molar-refractivity contribution in [1.29, 1.82) is 0 Å². The summed E-state index contributed by atoms with van der Waals surface area (Å²) >= 11 is 0. The van der Waals surface area contributed by atoms with Gasteiger partial charge in [-0.1, -0.05) is 6.08 Å². The van der Waals surface area contributed by atoms with Crippen LogP contribution in [0.3, 0.4) is 0 Å². The van der Waals surface area contributed by atoms with Crippen LogP contribution in [0.15, 0.2) is 19.0 Å². The zero-order valence-corrected chi connectivity index (χ0v) is 13.0. The van der Waals surface area contributed by atoms with Crippen molar-refractivity contribution in [2.45, 2.75) is 44.1 Å². The molecule has 116 valence electrons. The second kappa shape index (κ2) is 5.88. The third-order valence-corrected chi connectivity index (χ3v) is 6.13. The Morgan fingerprint density at radius 1 is 1.38 bits per heavy atom. The van der Waals surface area contributed by atoms with Gasteiger partial charge in [0.1, 0.15) is 12.2 Å². The number of piperidine rings is 1. The Morgan fingerprint density at radius 2 is 2.19 bits per heavy atom. The normalized spacial score (nSPS) is 24.1. The summed E-state index contributed by atoms with van der Waals surface area (Å²) in [5.41, 5.74) is 0. The quantitative estimate of drug-likeness (QED) is 0.750. The molecule has 3 rings (SSSR count). The Morgan fingerprint density at radius 3 is 2.90 bits per heavy atom. The van der Waals surface area contributed by atoms with Gasteiger partial charge in [-0.15, -0.1) is 16.8 Å². The van der Waals surface area contributed by atoms with E-state index in [9.17, 15) is 8.42 Å². The minimum Gasteiger partial charge on any atom is -0.314 e. The van der Waals surface area contributed by atoms with E-state index in [1.165, 1.54) is 12.8 Å². The summed E-state index contributed by atoms with van der Waals surface area (Å²) in [6.07, 6.45) is 8.18. The molecule has 1 aliphatic heterocycles. The van der Waals surface area contributed by atoms with E-state index in [2.05, 4.69) is 21.3 Å². The Bertz CT molecular complexity index is 606. The zero-order valence-electron chi connectivity index (χ0n) is 12.2. The largest absolute Gasteiger partial charge is 0.314 e. The molecular formula is C14H22N4O2S. The third kappa shape index (κ3) is 3.18. The molecule has 6 nitrogen and oxygen atoms in total. The van der Waals surface area contributed by atoms with Crippen molar-refractivity contribution >= 4 is 10.0 Å². The number of allylic oxidation sites excluding steroid dienone is 1. The van der Waals surface area contributed by atoms with Crippen LogP contribution in [0.1, 0.15) is 49.9 Å². The Labute approximate surface area is 125 Å². The summed E-state index contributed by atoms with van der Waals surface area (Å²) in [6.45, 7) is 4.75. The fraction of sp³-hybridized carbons (Fsp3) is 0.714. The molecule has 1 atom stereocenters. The van der Waals surface area contributed by atoms with Gasteiger partial charge in [0.2, 0.25) is 10.0 Å². The molecule has 1 saturated carbocycles. The maximum Gasteiger partial charge on any atom is 0.214 e. The summed E-state index contributed by atoms with van der Waals surface area (Å²) in [5.74, 6) is 1.28. The molecule has 1 aromatic rings. The molecule has 0 N–H and O–H groups in total. The average Bonchev–Trinajstić information content (AvgIpc) is 3.22. The molecule has 1 aliphatic carbocycles. The van der Waals surface area contributed by atoms with E-state index in [0.717, 1.165) is 18.7 Å². The molecule has 0 unspecified atom stereocenters. The van der Waals surface area contributed by atoms with Crippen LogP contribution >= 0.6 is 0 Å². The number of sulfonamides is 1. The van der Waals surface area contributed by atoms with Gasteiger partial charge < -0.3 is 4.57 Å². The summed E-state index contributed by atoms with van der Waals surface area (Å²) in [5, 5.41) is 8.28. The highest BCUT2D eigenvalue weighted by Gasteiger charge is 2.34. The van der Waals surface area contributed by atoms with E-state index < -0.39 is 10.0 Å². The zero-order chi connectivity index (χ0) is 14.9. The molecular weight excluding hydrogens is 288 g/mol. The maximum atomic E-state index is 12.3. The summed E-state index contributed by atoms with van der Waals surface area (Å²) in [6, 6.07) is 0.530. The van der Waals surface area contributed by atoms with Gasteiger partial charge in [-0.25, -0.2) is 12.7 Å². The van der Waals surface area contributed by atoms with E-state index in [4.69, 9.17) is 0 Å². The first-order valence-electron chi connectivity index (χ1n) is 7.60. The van der Waals surface area contributed by atoms with Crippen molar-refractivity contribution in [3.05, 3.63) is 24.8 Å². The van der Waals surface area contributed by atoms with Crippen LogP contribution in [-0.4, -0.2) is 46.3 Å². The molecule has 0 bridgehead atoms. The second-order valence-corrected chi connectivity index (χ2v) is 8.01. The first-order valence-corrected chi connectivity index (χ1v) is 9.21. The van der Waals surface area contributed by atoms with Crippen LogP contribution in [0.5, 0.6) is 0 Å². The lowest BCUT2D eigenvalue weighted by Crippen LogP contribution is -2.40. The van der Waals surface area contributed by atoms with Gasteiger partial charge in [-0.05, 0) is 32.1 Å². The van der Waals surface area contributed by atoms with Gasteiger partial charge in [0.05, 0.1) is 5.75 Å². The van der Waals surface area contributed by atoms with E-state index in [-0.39, 0.29) is 11.7 Å². The van der Waals surface area contributed by atoms with Crippen molar-refractivity contribution in [2.24, 2.45) is 0 Å². The smallest absolute Gasteiger partial charge is 0.214 e. The van der Waals surface area contributed by atoms with E-state index in [0.29, 0.717) is 25.6 Å². The molecule has 0 aromatic carbocycles. The van der Waals surface area contributed by atoms with Gasteiger partial charge in [0.25, 0.3) is 0 Å². The molecule has 21 heavy (non-hydrogen) atoms. The highest BCUT2D eigenvalue weighted by atomic mass is 32.2. The number of nitrogens with zero attached hydrogens (tertiary/aromatic N) is 4. The Hall–Kier alpha value is -1.21. The molecule has 1 aromatic heterocycles. The van der Waals surface area contributed by atoms with Crippen molar-refractivity contribution in [1.82, 2.24) is 19.1 Å². The molecule has 7 heteroatoms. The number of rotatable bonds is 6. The van der Waals surface area contributed by atoms with Crippen LogP contribution in [-0.2, 0) is 10.0 Å². The minimum atomic E-state index is -3.18. The van der Waals surface area contributed by atoms with Gasteiger partial charge >= 0.3 is 0 Å². The molecule has 0 radical (unpaired) electrons. The second-order valence-electron chi connectivity index (χ2n) is 5.92. The molecule has 2 fully saturated rings. The molecule has 0 spiro atoms. The maximum absolute atomic E-state index is 12.3. The van der Waals surface area contributed by atoms with E-state index in [1.54, 1.807) is 16.7 Å². The topological polar surface area (TPSA) is 68.1 Å². The Balaban J connectivity index is 1.73. The first kappa shape index (κ1) is 14.7. The van der Waals surface area contributed by atoms with E-state index in [1.807, 2.05) is 0 Å². The van der Waals surface area contributed by atoms with Gasteiger partial charge in [-0.3, -0.25) is 0 Å². The van der Waals surface area contributed by atoms with Crippen molar-refractivity contribution in [3.8, 4) is 0 Å². The minimum absolute atomic E-state index is 0.151. The molecule has 2 aliphatic rings. The van der Waals surface area contributed by atoms with Crippen molar-refractivity contribution in [3.63, 3.8) is 0 Å². The summed E-state index contributed by atoms with van der Waals surface area (Å²) < 4.78 is 28.4. The SMILES string of the molecule is C=CCCS(=O)(=O)N1CCC[C@@H](c2nncn2C2CC2)C1. The van der Waals surface area contributed by atoms with Crippen LogP contribution < -0.4 is 0 Å². The number of aromatic nitrogens is 3. The van der Waals surface area contributed by atoms with E-state index >= 15 is 0 Å². The third-order valence-electron chi connectivity index (χ3n) is 4.26. The molecule has 0 amide bonds. The van der Waals surface area contributed by atoms with Crippen LogP contribution in [0.4, 0.5) is 0 Å². The van der Waals surface area contributed by atoms with Gasteiger partial charge in [0, 0.05) is 25.0 Å². The highest BCUT2D eigenvalue weighted by molar-refractivity contribution is 7.89. The van der Waals surface area contributed by atoms with Crippen LogP contribution in [0.25, 0.3) is 0 Å². The first-order chi connectivity index (χ1) is 10.1. The predicted octanol–water partition coefficient (Wildman–Crippen LogP) is 1.70. The fourth-order valence-corrected chi connectivity index (χ4v) is 4.48. The summed E-state index contributed by atoms with van der Waals surface area (Å²) in [7, 11) is -3.18. The number of hydrogen-bond acceptors (Lipinski definition) is 4. The van der Waals surface area contributed by atoms with Crippen LogP contribution in [0.2, 0.25) is 0 Å².